The Kier molecular flexibility index (Phi) is 4.01. The number of hydrogen-bond donors (Lipinski definition) is 2. The van der Waals surface area contributed by atoms with E-state index in [9.17, 15) is 9.90 Å². The molecule has 0 unspecified atom stereocenters. The maximum atomic E-state index is 12.4. The average molecular weight is 427 g/mol. The van der Waals surface area contributed by atoms with E-state index in [-0.39, 0.29) is 16.9 Å². The number of halogens is 2. The highest BCUT2D eigenvalue weighted by Gasteiger charge is 2.16. The lowest BCUT2D eigenvalue weighted by Crippen LogP contribution is -2.10. The standard InChI is InChI=1S/C16H11ClINO3/c1-22-10-4-2-3-8(5-10)13-15(20)14-11(18)6-9(17)7-12(14)19-16(13)21/h2-7H,1H3,(H2,19,20,21)/i1-1. The second-order valence-electron chi connectivity index (χ2n) is 4.72. The molecule has 0 saturated heterocycles. The molecule has 0 fully saturated rings. The highest BCUT2D eigenvalue weighted by molar-refractivity contribution is 14.1. The molecule has 112 valence electrons. The molecule has 6 heteroatoms. The van der Waals surface area contributed by atoms with E-state index in [1.165, 1.54) is 0 Å². The van der Waals surface area contributed by atoms with Crippen LogP contribution in [-0.2, 0) is 0 Å². The molecular weight excluding hydrogens is 416 g/mol. The molecule has 0 aliphatic carbocycles. The van der Waals surface area contributed by atoms with Gasteiger partial charge in [0.15, 0.2) is 0 Å². The van der Waals surface area contributed by atoms with E-state index in [1.54, 1.807) is 43.5 Å². The lowest BCUT2D eigenvalue weighted by atomic mass is 10.0. The van der Waals surface area contributed by atoms with E-state index in [1.807, 2.05) is 0 Å². The molecule has 0 aliphatic heterocycles. The molecule has 1 aromatic heterocycles. The monoisotopic (exact) mass is 426 g/mol. The van der Waals surface area contributed by atoms with Crippen LogP contribution in [0, 0.1) is 3.57 Å². The molecule has 4 nitrogen and oxygen atoms in total. The predicted octanol–water partition coefficient (Wildman–Crippen LogP) is 4.17. The lowest BCUT2D eigenvalue weighted by Gasteiger charge is -2.10. The maximum Gasteiger partial charge on any atom is 0.260 e. The van der Waals surface area contributed by atoms with Crippen molar-refractivity contribution in [2.75, 3.05) is 7.11 Å². The zero-order chi connectivity index (χ0) is 15.9. The second kappa shape index (κ2) is 5.81. The number of H-pyrrole nitrogens is 1. The predicted molar refractivity (Wildman–Crippen MR) is 95.9 cm³/mol. The van der Waals surface area contributed by atoms with Gasteiger partial charge in [-0.2, -0.15) is 0 Å². The number of aromatic amines is 1. The smallest absolute Gasteiger partial charge is 0.260 e. The fraction of sp³-hybridized carbons (Fsp3) is 0.0625. The summed E-state index contributed by atoms with van der Waals surface area (Å²) in [5.74, 6) is 0.551. The summed E-state index contributed by atoms with van der Waals surface area (Å²) < 4.78 is 5.93. The van der Waals surface area contributed by atoms with Crippen molar-refractivity contribution in [1.82, 2.24) is 4.98 Å². The van der Waals surface area contributed by atoms with E-state index in [0.29, 0.717) is 27.2 Å². The number of aromatic hydroxyl groups is 1. The third-order valence-corrected chi connectivity index (χ3v) is 4.43. The number of aromatic nitrogens is 1. The Morgan fingerprint density at radius 1 is 1.27 bits per heavy atom. The molecule has 1 heterocycles. The minimum atomic E-state index is -0.378. The number of pyridine rings is 1. The van der Waals surface area contributed by atoms with Gasteiger partial charge in [0, 0.05) is 8.59 Å². The third-order valence-electron chi connectivity index (χ3n) is 3.36. The van der Waals surface area contributed by atoms with E-state index in [4.69, 9.17) is 16.3 Å². The molecule has 2 N–H and O–H groups in total. The van der Waals surface area contributed by atoms with Crippen molar-refractivity contribution in [3.8, 4) is 22.6 Å². The van der Waals surface area contributed by atoms with Gasteiger partial charge in [-0.1, -0.05) is 23.7 Å². The Hall–Kier alpha value is -1.73. The maximum absolute atomic E-state index is 12.4. The van der Waals surface area contributed by atoms with Crippen molar-refractivity contribution in [3.63, 3.8) is 0 Å². The Labute approximate surface area is 144 Å². The van der Waals surface area contributed by atoms with Crippen LogP contribution in [0.25, 0.3) is 22.0 Å². The van der Waals surface area contributed by atoms with E-state index in [0.717, 1.165) is 3.57 Å². The van der Waals surface area contributed by atoms with Gasteiger partial charge >= 0.3 is 0 Å². The van der Waals surface area contributed by atoms with Crippen LogP contribution in [0.3, 0.4) is 0 Å². The Bertz CT molecular complexity index is 937. The zero-order valence-electron chi connectivity index (χ0n) is 11.5. The Morgan fingerprint density at radius 3 is 2.77 bits per heavy atom. The summed E-state index contributed by atoms with van der Waals surface area (Å²) in [5.41, 5.74) is 0.930. The SMILES string of the molecule is [11CH3]Oc1cccc(-c2c(O)c3c(I)cc(Cl)cc3[nH]c2=O)c1. The van der Waals surface area contributed by atoms with Gasteiger partial charge in [0.05, 0.1) is 23.6 Å². The first kappa shape index (κ1) is 15.2. The van der Waals surface area contributed by atoms with E-state index < -0.39 is 0 Å². The van der Waals surface area contributed by atoms with Gasteiger partial charge in [-0.05, 0) is 52.4 Å². The molecule has 0 atom stereocenters. The number of methoxy groups -OCH3 is 1. The molecular formula is C16H11ClINO3. The van der Waals surface area contributed by atoms with Crippen molar-refractivity contribution in [3.05, 3.63) is 55.3 Å². The zero-order valence-corrected chi connectivity index (χ0v) is 14.4. The molecule has 0 amide bonds. The van der Waals surface area contributed by atoms with Crippen LogP contribution in [-0.4, -0.2) is 17.2 Å². The Balaban J connectivity index is 2.37. The highest BCUT2D eigenvalue weighted by atomic mass is 127. The summed E-state index contributed by atoms with van der Waals surface area (Å²) in [5, 5.41) is 11.7. The van der Waals surface area contributed by atoms with Gasteiger partial charge in [0.2, 0.25) is 0 Å². The van der Waals surface area contributed by atoms with Gasteiger partial charge < -0.3 is 14.8 Å². The van der Waals surface area contributed by atoms with Crippen molar-refractivity contribution < 1.29 is 9.84 Å². The number of hydrogen-bond acceptors (Lipinski definition) is 3. The fourth-order valence-corrected chi connectivity index (χ4v) is 3.66. The van der Waals surface area contributed by atoms with Crippen molar-refractivity contribution in [2.24, 2.45) is 0 Å². The number of rotatable bonds is 2. The van der Waals surface area contributed by atoms with Gasteiger partial charge in [-0.3, -0.25) is 4.79 Å². The average Bonchev–Trinajstić information content (AvgIpc) is 2.46. The molecule has 2 aromatic carbocycles. The van der Waals surface area contributed by atoms with Crippen LogP contribution in [0.4, 0.5) is 0 Å². The number of fused-ring (bicyclic) bond motifs is 1. The van der Waals surface area contributed by atoms with Crippen LogP contribution in [0.1, 0.15) is 0 Å². The van der Waals surface area contributed by atoms with E-state index >= 15 is 0 Å². The summed E-state index contributed by atoms with van der Waals surface area (Å²) in [6.45, 7) is 0. The van der Waals surface area contributed by atoms with Crippen LogP contribution in [0.15, 0.2) is 41.2 Å². The number of nitrogens with one attached hydrogen (secondary N) is 1. The number of ether oxygens (including phenoxy) is 1. The first-order valence-corrected chi connectivity index (χ1v) is 7.85. The molecule has 0 aliphatic rings. The van der Waals surface area contributed by atoms with E-state index in [2.05, 4.69) is 27.6 Å². The molecule has 3 aromatic rings. The third kappa shape index (κ3) is 2.55. The van der Waals surface area contributed by atoms with Crippen molar-refractivity contribution >= 4 is 45.1 Å². The number of benzene rings is 2. The Morgan fingerprint density at radius 2 is 2.05 bits per heavy atom. The summed E-state index contributed by atoms with van der Waals surface area (Å²) >= 11 is 8.08. The molecule has 0 spiro atoms. The van der Waals surface area contributed by atoms with Gasteiger partial charge in [-0.25, -0.2) is 0 Å². The molecule has 3 rings (SSSR count). The normalized spacial score (nSPS) is 10.9. The molecule has 0 bridgehead atoms. The van der Waals surface area contributed by atoms with Gasteiger partial charge in [0.25, 0.3) is 5.56 Å². The summed E-state index contributed by atoms with van der Waals surface area (Å²) in [6.07, 6.45) is 0. The van der Waals surface area contributed by atoms with Gasteiger partial charge in [-0.15, -0.1) is 0 Å². The summed E-state index contributed by atoms with van der Waals surface area (Å²) in [6, 6.07) is 10.4. The first-order valence-electron chi connectivity index (χ1n) is 6.39. The van der Waals surface area contributed by atoms with Crippen molar-refractivity contribution in [1.29, 1.82) is 0 Å². The first-order chi connectivity index (χ1) is 10.5. The van der Waals surface area contributed by atoms with Crippen LogP contribution >= 0.6 is 34.2 Å². The second-order valence-corrected chi connectivity index (χ2v) is 6.32. The quantitative estimate of drug-likeness (QED) is 0.605. The minimum absolute atomic E-state index is 0.0620. The summed E-state index contributed by atoms with van der Waals surface area (Å²) in [4.78, 5) is 15.1. The highest BCUT2D eigenvalue weighted by Crippen LogP contribution is 2.36. The minimum Gasteiger partial charge on any atom is -0.506 e. The fourth-order valence-electron chi connectivity index (χ4n) is 2.38. The topological polar surface area (TPSA) is 62.3 Å². The van der Waals surface area contributed by atoms with Gasteiger partial charge in [0.1, 0.15) is 11.5 Å². The van der Waals surface area contributed by atoms with Crippen LogP contribution in [0.2, 0.25) is 5.02 Å². The molecule has 0 saturated carbocycles. The van der Waals surface area contributed by atoms with Crippen LogP contribution < -0.4 is 10.3 Å². The summed E-state index contributed by atoms with van der Waals surface area (Å²) in [7, 11) is 1.55. The largest absolute Gasteiger partial charge is 0.506 e. The molecule has 0 radical (unpaired) electrons. The lowest BCUT2D eigenvalue weighted by molar-refractivity contribution is 0.415. The molecule has 22 heavy (non-hydrogen) atoms. The van der Waals surface area contributed by atoms with Crippen molar-refractivity contribution in [2.45, 2.75) is 0 Å². The van der Waals surface area contributed by atoms with Crippen LogP contribution in [0.5, 0.6) is 11.5 Å².